The minimum Gasteiger partial charge on any atom is -0.463 e. The number of pyridine rings is 1. The van der Waals surface area contributed by atoms with E-state index in [4.69, 9.17) is 28.7 Å². The van der Waals surface area contributed by atoms with Crippen LogP contribution in [0.25, 0.3) is 10.9 Å². The Kier molecular flexibility index (Phi) is 9.16. The van der Waals surface area contributed by atoms with Gasteiger partial charge in [-0.1, -0.05) is 20.8 Å². The predicted molar refractivity (Wildman–Crippen MR) is 170 cm³/mol. The fourth-order valence-electron chi connectivity index (χ4n) is 8.02. The summed E-state index contributed by atoms with van der Waals surface area (Å²) in [6, 6.07) is 5.31. The van der Waals surface area contributed by atoms with E-state index in [2.05, 4.69) is 0 Å². The number of esters is 3. The summed E-state index contributed by atoms with van der Waals surface area (Å²) < 4.78 is 29.6. The van der Waals surface area contributed by atoms with Crippen LogP contribution in [0.15, 0.2) is 18.2 Å². The van der Waals surface area contributed by atoms with Crippen molar-refractivity contribution in [2.75, 3.05) is 20.7 Å². The van der Waals surface area contributed by atoms with Gasteiger partial charge in [0, 0.05) is 49.7 Å². The van der Waals surface area contributed by atoms with Crippen molar-refractivity contribution < 1.29 is 48.0 Å². The number of piperidine rings is 1. The first kappa shape index (κ1) is 34.1. The largest absolute Gasteiger partial charge is 0.463 e. The fourth-order valence-corrected chi connectivity index (χ4v) is 8.02. The van der Waals surface area contributed by atoms with E-state index >= 15 is 0 Å². The average Bonchev–Trinajstić information content (AvgIpc) is 3.39. The molecule has 3 saturated heterocycles. The highest BCUT2D eigenvalue weighted by molar-refractivity contribution is 5.89. The first-order valence-electron chi connectivity index (χ1n) is 16.7. The molecule has 48 heavy (non-hydrogen) atoms. The van der Waals surface area contributed by atoms with Gasteiger partial charge < -0.3 is 38.6 Å². The Labute approximate surface area is 279 Å². The minimum absolute atomic E-state index is 0.0408. The van der Waals surface area contributed by atoms with Crippen LogP contribution >= 0.6 is 0 Å². The number of amides is 1. The quantitative estimate of drug-likeness (QED) is 0.325. The van der Waals surface area contributed by atoms with Gasteiger partial charge >= 0.3 is 17.9 Å². The highest BCUT2D eigenvalue weighted by Gasteiger charge is 2.59. The SMILES string of the molecule is CC[C@H]1O[C@@H](Oc2ccc3nc4c(cc3c2CN(C)C)CN2C(=O)C3COC(=O)[C@](O)(CC)C3CC42)[C@H](OC(C)=O)[C@@H](OC(C)=O)[C@H]1C. The van der Waals surface area contributed by atoms with E-state index in [0.717, 1.165) is 22.2 Å². The van der Waals surface area contributed by atoms with Gasteiger partial charge in [0.15, 0.2) is 5.60 Å². The van der Waals surface area contributed by atoms with Crippen LogP contribution in [0.5, 0.6) is 5.75 Å². The summed E-state index contributed by atoms with van der Waals surface area (Å²) in [5.74, 6) is -2.80. The normalized spacial score (nSPS) is 32.7. The van der Waals surface area contributed by atoms with E-state index in [1.807, 2.05) is 45.0 Å². The molecule has 9 atom stereocenters. The van der Waals surface area contributed by atoms with E-state index in [-0.39, 0.29) is 37.0 Å². The van der Waals surface area contributed by atoms with Crippen molar-refractivity contribution in [3.05, 3.63) is 35.0 Å². The first-order chi connectivity index (χ1) is 22.8. The Hall–Kier alpha value is -3.81. The fraction of sp³-hybridized carbons (Fsp3) is 0.629. The zero-order valence-corrected chi connectivity index (χ0v) is 28.6. The second kappa shape index (κ2) is 12.9. The summed E-state index contributed by atoms with van der Waals surface area (Å²) >= 11 is 0. The van der Waals surface area contributed by atoms with Crippen LogP contribution in [0.1, 0.15) is 76.7 Å². The van der Waals surface area contributed by atoms with E-state index in [0.29, 0.717) is 37.2 Å². The average molecular weight is 668 g/mol. The monoisotopic (exact) mass is 667 g/mol. The number of carbonyl (C=O) groups excluding carboxylic acids is 4. The maximum Gasteiger partial charge on any atom is 0.338 e. The van der Waals surface area contributed by atoms with Crippen LogP contribution in [0, 0.1) is 17.8 Å². The third kappa shape index (κ3) is 5.79. The molecule has 1 amide bonds. The maximum absolute atomic E-state index is 13.8. The molecule has 0 saturated carbocycles. The number of aliphatic hydroxyl groups is 1. The van der Waals surface area contributed by atoms with Gasteiger partial charge in [-0.05, 0) is 57.1 Å². The minimum atomic E-state index is -1.72. The molecule has 0 radical (unpaired) electrons. The molecule has 1 N–H and O–H groups in total. The molecule has 13 nitrogen and oxygen atoms in total. The smallest absolute Gasteiger partial charge is 0.338 e. The Morgan fingerprint density at radius 3 is 2.48 bits per heavy atom. The molecule has 1 aromatic heterocycles. The number of cyclic esters (lactones) is 1. The maximum atomic E-state index is 13.8. The highest BCUT2D eigenvalue weighted by atomic mass is 16.7. The van der Waals surface area contributed by atoms with E-state index in [9.17, 15) is 24.3 Å². The van der Waals surface area contributed by atoms with Crippen LogP contribution in [0.3, 0.4) is 0 Å². The number of carbonyl (C=O) groups is 4. The van der Waals surface area contributed by atoms with Gasteiger partial charge in [-0.3, -0.25) is 19.4 Å². The summed E-state index contributed by atoms with van der Waals surface area (Å²) in [6.07, 6.45) is -1.97. The van der Waals surface area contributed by atoms with Crippen molar-refractivity contribution in [1.82, 2.24) is 14.8 Å². The number of nitrogens with zero attached hydrogens (tertiary/aromatic N) is 3. The summed E-state index contributed by atoms with van der Waals surface area (Å²) in [7, 11) is 3.87. The van der Waals surface area contributed by atoms with Crippen LogP contribution in [-0.4, -0.2) is 94.6 Å². The zero-order valence-electron chi connectivity index (χ0n) is 28.6. The van der Waals surface area contributed by atoms with Crippen molar-refractivity contribution in [2.45, 2.75) is 103 Å². The van der Waals surface area contributed by atoms with Gasteiger partial charge in [0.25, 0.3) is 0 Å². The van der Waals surface area contributed by atoms with Crippen LogP contribution in [0.2, 0.25) is 0 Å². The standard InChI is InChI=1S/C35H45N3O10/c1-8-27-17(3)30(45-18(4)39)31(46-19(5)40)33(47-27)48-28-11-10-25-21(22(28)15-37(6)7)12-20-14-38-26(29(20)36-25)13-24-23(32(38)41)16-44-34(42)35(24,43)9-2/h10-12,17,23-24,26-27,30-31,33,43H,8-9,13-16H2,1-7H3/t17-,23?,24?,26?,27+,30-,31+,33-,35-/m0/s1. The van der Waals surface area contributed by atoms with Crippen molar-refractivity contribution >= 4 is 34.7 Å². The molecule has 1 aromatic carbocycles. The van der Waals surface area contributed by atoms with Gasteiger partial charge in [0.1, 0.15) is 18.5 Å². The lowest BCUT2D eigenvalue weighted by Gasteiger charge is -2.48. The Balaban J connectivity index is 1.38. The van der Waals surface area contributed by atoms with Gasteiger partial charge in [-0.25, -0.2) is 4.79 Å². The van der Waals surface area contributed by atoms with Crippen molar-refractivity contribution in [1.29, 1.82) is 0 Å². The lowest BCUT2D eigenvalue weighted by molar-refractivity contribution is -0.266. The molecule has 0 aliphatic carbocycles. The van der Waals surface area contributed by atoms with Gasteiger partial charge in [0.2, 0.25) is 18.3 Å². The molecule has 13 heteroatoms. The Bertz CT molecular complexity index is 1630. The number of rotatable bonds is 8. The van der Waals surface area contributed by atoms with Crippen LogP contribution in [-0.2, 0) is 51.2 Å². The Morgan fingerprint density at radius 2 is 1.83 bits per heavy atom. The lowest BCUT2D eigenvalue weighted by atomic mass is 9.69. The zero-order chi connectivity index (χ0) is 34.7. The van der Waals surface area contributed by atoms with Gasteiger partial charge in [-0.2, -0.15) is 0 Å². The molecule has 6 rings (SSSR count). The van der Waals surface area contributed by atoms with E-state index < -0.39 is 53.8 Å². The number of hydrogen-bond acceptors (Lipinski definition) is 12. The van der Waals surface area contributed by atoms with Crippen molar-refractivity contribution in [2.24, 2.45) is 17.8 Å². The van der Waals surface area contributed by atoms with Crippen LogP contribution < -0.4 is 4.74 Å². The van der Waals surface area contributed by atoms with Crippen LogP contribution in [0.4, 0.5) is 0 Å². The number of fused-ring (bicyclic) bond motifs is 5. The molecule has 3 unspecified atom stereocenters. The Morgan fingerprint density at radius 1 is 1.12 bits per heavy atom. The summed E-state index contributed by atoms with van der Waals surface area (Å²) in [5.41, 5.74) is 1.43. The van der Waals surface area contributed by atoms with Gasteiger partial charge in [0.05, 0.1) is 29.3 Å². The number of ether oxygens (including phenoxy) is 5. The second-order valence-electron chi connectivity index (χ2n) is 13.8. The molecule has 0 bridgehead atoms. The molecular weight excluding hydrogens is 622 g/mol. The van der Waals surface area contributed by atoms with E-state index in [1.54, 1.807) is 17.9 Å². The number of benzene rings is 1. The molecule has 4 aliphatic heterocycles. The lowest BCUT2D eigenvalue weighted by Crippen LogP contribution is -2.61. The molecule has 5 heterocycles. The van der Waals surface area contributed by atoms with E-state index in [1.165, 1.54) is 13.8 Å². The van der Waals surface area contributed by atoms with Crippen molar-refractivity contribution in [3.8, 4) is 5.75 Å². The summed E-state index contributed by atoms with van der Waals surface area (Å²) in [6.45, 7) is 8.98. The number of hydrogen-bond donors (Lipinski definition) is 1. The molecule has 4 aliphatic rings. The predicted octanol–water partition coefficient (Wildman–Crippen LogP) is 3.03. The van der Waals surface area contributed by atoms with Gasteiger partial charge in [-0.15, -0.1) is 0 Å². The molecule has 2 aromatic rings. The molecule has 0 spiro atoms. The number of aromatic nitrogens is 1. The third-order valence-corrected chi connectivity index (χ3v) is 10.4. The molecule has 260 valence electrons. The topological polar surface area (TPSA) is 154 Å². The summed E-state index contributed by atoms with van der Waals surface area (Å²) in [4.78, 5) is 59.6. The van der Waals surface area contributed by atoms with Crippen molar-refractivity contribution in [3.63, 3.8) is 0 Å². The molecular formula is C35H45N3O10. The third-order valence-electron chi connectivity index (χ3n) is 10.4. The summed E-state index contributed by atoms with van der Waals surface area (Å²) in [5, 5.41) is 12.1. The first-order valence-corrected chi connectivity index (χ1v) is 16.7. The highest BCUT2D eigenvalue weighted by Crippen LogP contribution is 2.50. The second-order valence-corrected chi connectivity index (χ2v) is 13.8. The molecule has 3 fully saturated rings.